The van der Waals surface area contributed by atoms with Crippen molar-refractivity contribution in [1.82, 2.24) is 0 Å². The van der Waals surface area contributed by atoms with E-state index in [0.29, 0.717) is 0 Å². The van der Waals surface area contributed by atoms with E-state index in [1.807, 2.05) is 0 Å². The summed E-state index contributed by atoms with van der Waals surface area (Å²) in [5.74, 6) is 0. The van der Waals surface area contributed by atoms with Crippen LogP contribution in [0, 0.1) is 0 Å². The fraction of sp³-hybridized carbons (Fsp3) is 1.00. The second kappa shape index (κ2) is 7.36. The topological polar surface area (TPSA) is 49.7 Å². The van der Waals surface area contributed by atoms with Gasteiger partial charge in [-0.15, -0.1) is 0 Å². The molecule has 2 rings (SSSR count). The minimum absolute atomic E-state index is 0.760. The van der Waals surface area contributed by atoms with Crippen LogP contribution in [-0.2, 0) is 2.99 Å². The predicted molar refractivity (Wildman–Crippen MR) is 72.1 cm³/mol. The van der Waals surface area contributed by atoms with E-state index >= 15 is 0 Å². The molecule has 0 aromatic carbocycles. The quantitative estimate of drug-likeness (QED) is 0.768. The van der Waals surface area contributed by atoms with Gasteiger partial charge in [0.15, 0.2) is 0 Å². The van der Waals surface area contributed by atoms with Gasteiger partial charge in [0.25, 0.3) is 0 Å². The Kier molecular flexibility index (Phi) is 6.13. The summed E-state index contributed by atoms with van der Waals surface area (Å²) in [6.07, 6.45) is 13.2. The molecule has 0 amide bonds. The van der Waals surface area contributed by atoms with Crippen LogP contribution in [0.15, 0.2) is 0 Å². The third-order valence-electron chi connectivity index (χ3n) is 4.51. The molecule has 2 N–H and O–H groups in total. The third kappa shape index (κ3) is 4.41. The van der Waals surface area contributed by atoms with Crippen molar-refractivity contribution in [3.8, 4) is 0 Å². The summed E-state index contributed by atoms with van der Waals surface area (Å²) in [5.41, 5.74) is 0. The van der Waals surface area contributed by atoms with Gasteiger partial charge in [-0.25, -0.2) is 0 Å². The van der Waals surface area contributed by atoms with E-state index in [9.17, 15) is 0 Å². The Morgan fingerprint density at radius 3 is 1.53 bits per heavy atom. The van der Waals surface area contributed by atoms with Crippen LogP contribution in [0.1, 0.15) is 64.2 Å². The molecule has 2 aliphatic carbocycles. The summed E-state index contributed by atoms with van der Waals surface area (Å²) in [7, 11) is -1.50. The number of hydrogen-bond donors (Lipinski definition) is 2. The first-order valence-electron chi connectivity index (χ1n) is 7.29. The number of rotatable bonds is 4. The van der Waals surface area contributed by atoms with Crippen LogP contribution >= 0.6 is 0 Å². The van der Waals surface area contributed by atoms with Crippen LogP contribution in [0.25, 0.3) is 0 Å². The van der Waals surface area contributed by atoms with Crippen molar-refractivity contribution in [3.63, 3.8) is 0 Å². The molecular weight excluding hydrogens is 322 g/mol. The third-order valence-corrected chi connectivity index (χ3v) is 15.2. The van der Waals surface area contributed by atoms with Crippen LogP contribution in [0.5, 0.6) is 0 Å². The maximum atomic E-state index is 9.17. The van der Waals surface area contributed by atoms with E-state index in [0.717, 1.165) is 7.87 Å². The fourth-order valence-electron chi connectivity index (χ4n) is 3.67. The molecule has 0 aliphatic heterocycles. The average Bonchev–Trinajstić information content (AvgIpc) is 2.38. The van der Waals surface area contributed by atoms with Crippen LogP contribution in [0.3, 0.4) is 0 Å². The molecule has 17 heavy (non-hydrogen) atoms. The molecule has 0 spiro atoms. The van der Waals surface area contributed by atoms with Gasteiger partial charge in [-0.3, -0.25) is 0 Å². The van der Waals surface area contributed by atoms with Crippen molar-refractivity contribution < 1.29 is 13.0 Å². The Bertz CT molecular complexity index is 198. The molecule has 2 aliphatic rings. The van der Waals surface area contributed by atoms with Crippen molar-refractivity contribution in [1.29, 1.82) is 0 Å². The second-order valence-electron chi connectivity index (χ2n) is 5.72. The molecular formula is C12H25BO3Sn. The van der Waals surface area contributed by atoms with Crippen molar-refractivity contribution in [3.05, 3.63) is 0 Å². The van der Waals surface area contributed by atoms with Crippen LogP contribution in [0.2, 0.25) is 7.87 Å². The van der Waals surface area contributed by atoms with E-state index in [1.54, 1.807) is 0 Å². The molecule has 0 bridgehead atoms. The molecule has 0 atom stereocenters. The summed E-state index contributed by atoms with van der Waals surface area (Å²) in [4.78, 5) is 0. The molecule has 0 heterocycles. The molecule has 2 fully saturated rings. The summed E-state index contributed by atoms with van der Waals surface area (Å²) in [5, 5.41) is 18.3. The van der Waals surface area contributed by atoms with Gasteiger partial charge in [0.1, 0.15) is 0 Å². The molecule has 0 saturated heterocycles. The zero-order valence-corrected chi connectivity index (χ0v) is 14.0. The maximum absolute atomic E-state index is 9.17. The SMILES string of the molecule is OB(O)[O][SnH]([CH]1CCCCC1)[CH]1CCCCC1. The van der Waals surface area contributed by atoms with Gasteiger partial charge in [0.2, 0.25) is 0 Å². The summed E-state index contributed by atoms with van der Waals surface area (Å²) in [6, 6.07) is 0. The van der Waals surface area contributed by atoms with Gasteiger partial charge < -0.3 is 0 Å². The Hall–Kier alpha value is 0.744. The van der Waals surface area contributed by atoms with Gasteiger partial charge >= 0.3 is 113 Å². The van der Waals surface area contributed by atoms with Crippen LogP contribution in [0.4, 0.5) is 0 Å². The zero-order valence-electron chi connectivity index (χ0n) is 10.7. The molecule has 5 heteroatoms. The van der Waals surface area contributed by atoms with Crippen LogP contribution in [-0.4, -0.2) is 37.5 Å². The van der Waals surface area contributed by atoms with Gasteiger partial charge in [0, 0.05) is 0 Å². The van der Waals surface area contributed by atoms with E-state index < -0.39 is 27.5 Å². The fourth-order valence-corrected chi connectivity index (χ4v) is 14.4. The Morgan fingerprint density at radius 1 is 0.765 bits per heavy atom. The minimum atomic E-state index is -2.24. The standard InChI is InChI=1S/2C6H11.BH2O3.Sn.H/c2*1-2-4-6-5-3-1;2-1(3)4;;/h2*1H,2-6H2;2-3H;;/q;;-1;+1;. The Balaban J connectivity index is 1.95. The number of hydrogen-bond acceptors (Lipinski definition) is 3. The molecule has 98 valence electrons. The Labute approximate surface area is 112 Å². The van der Waals surface area contributed by atoms with Gasteiger partial charge in [-0.1, -0.05) is 0 Å². The summed E-state index contributed by atoms with van der Waals surface area (Å²) in [6.45, 7) is 0. The second-order valence-corrected chi connectivity index (χ2v) is 14.5. The van der Waals surface area contributed by atoms with Gasteiger partial charge in [-0.05, 0) is 0 Å². The summed E-state index contributed by atoms with van der Waals surface area (Å²) >= 11 is -2.24. The first-order chi connectivity index (χ1) is 8.27. The normalized spacial score (nSPS) is 24.2. The average molecular weight is 347 g/mol. The van der Waals surface area contributed by atoms with E-state index in [1.165, 1.54) is 64.2 Å². The van der Waals surface area contributed by atoms with E-state index in [2.05, 4.69) is 0 Å². The molecule has 2 saturated carbocycles. The Morgan fingerprint density at radius 2 is 1.18 bits per heavy atom. The van der Waals surface area contributed by atoms with Crippen molar-refractivity contribution in [2.24, 2.45) is 0 Å². The predicted octanol–water partition coefficient (Wildman–Crippen LogP) is 2.36. The van der Waals surface area contributed by atoms with Gasteiger partial charge in [-0.2, -0.15) is 0 Å². The summed E-state index contributed by atoms with van der Waals surface area (Å²) < 4.78 is 7.17. The van der Waals surface area contributed by atoms with Crippen LogP contribution < -0.4 is 0 Å². The van der Waals surface area contributed by atoms with E-state index in [4.69, 9.17) is 13.0 Å². The molecule has 0 radical (unpaired) electrons. The molecule has 0 aromatic rings. The monoisotopic (exact) mass is 348 g/mol. The van der Waals surface area contributed by atoms with Crippen molar-refractivity contribution >= 4 is 27.5 Å². The van der Waals surface area contributed by atoms with Crippen molar-refractivity contribution in [2.75, 3.05) is 0 Å². The molecule has 0 aromatic heterocycles. The van der Waals surface area contributed by atoms with E-state index in [-0.39, 0.29) is 0 Å². The van der Waals surface area contributed by atoms with Crippen molar-refractivity contribution in [2.45, 2.75) is 72.1 Å². The first-order valence-corrected chi connectivity index (χ1v) is 12.4. The first kappa shape index (κ1) is 14.2. The zero-order chi connectivity index (χ0) is 12.1. The molecule has 3 nitrogen and oxygen atoms in total. The molecule has 0 unspecified atom stereocenters. The van der Waals surface area contributed by atoms with Gasteiger partial charge in [0.05, 0.1) is 0 Å².